The van der Waals surface area contributed by atoms with Gasteiger partial charge in [-0.1, -0.05) is 35.9 Å². The number of hydrogen-bond donors (Lipinski definition) is 0. The van der Waals surface area contributed by atoms with E-state index in [2.05, 4.69) is 24.3 Å². The van der Waals surface area contributed by atoms with E-state index in [1.807, 2.05) is 18.2 Å². The molecule has 0 aromatic heterocycles. The minimum atomic E-state index is 0.414. The van der Waals surface area contributed by atoms with E-state index in [4.69, 9.17) is 27.9 Å². The molecule has 3 heteroatoms. The van der Waals surface area contributed by atoms with Gasteiger partial charge in [0.15, 0.2) is 0 Å². The molecule has 1 atom stereocenters. The van der Waals surface area contributed by atoms with E-state index in [-0.39, 0.29) is 0 Å². The summed E-state index contributed by atoms with van der Waals surface area (Å²) in [6, 6.07) is 14.3. The van der Waals surface area contributed by atoms with Gasteiger partial charge in [0, 0.05) is 16.5 Å². The lowest BCUT2D eigenvalue weighted by molar-refractivity contribution is 0.273. The molecule has 0 bridgehead atoms. The summed E-state index contributed by atoms with van der Waals surface area (Å²) in [5.41, 5.74) is 3.85. The Bertz CT molecular complexity index is 624. The van der Waals surface area contributed by atoms with Gasteiger partial charge in [-0.15, -0.1) is 11.6 Å². The number of halogens is 2. The van der Waals surface area contributed by atoms with Crippen molar-refractivity contribution in [3.8, 4) is 5.75 Å². The number of fused-ring (bicyclic) bond motifs is 1. The Kier molecular flexibility index (Phi) is 4.72. The van der Waals surface area contributed by atoms with Gasteiger partial charge in [-0.3, -0.25) is 0 Å². The number of ether oxygens (including phenoxy) is 1. The van der Waals surface area contributed by atoms with Gasteiger partial charge in [0.1, 0.15) is 5.75 Å². The monoisotopic (exact) mass is 320 g/mol. The largest absolute Gasteiger partial charge is 0.493 e. The molecule has 1 aliphatic rings. The first-order valence-electron chi connectivity index (χ1n) is 7.33. The summed E-state index contributed by atoms with van der Waals surface area (Å²) in [6.45, 7) is 0.697. The molecule has 2 aromatic carbocycles. The van der Waals surface area contributed by atoms with Crippen LogP contribution in [-0.4, -0.2) is 6.61 Å². The summed E-state index contributed by atoms with van der Waals surface area (Å²) < 4.78 is 6.04. The van der Waals surface area contributed by atoms with Crippen LogP contribution in [0, 0.1) is 0 Å². The van der Waals surface area contributed by atoms with Crippen molar-refractivity contribution in [2.45, 2.75) is 31.1 Å². The van der Waals surface area contributed by atoms with Crippen LogP contribution in [0.4, 0.5) is 0 Å². The third-order valence-electron chi connectivity index (χ3n) is 4.10. The minimum Gasteiger partial charge on any atom is -0.493 e. The lowest BCUT2D eigenvalue weighted by Gasteiger charge is -2.25. The van der Waals surface area contributed by atoms with Crippen LogP contribution in [0.3, 0.4) is 0 Å². The first-order chi connectivity index (χ1) is 10.3. The van der Waals surface area contributed by atoms with Crippen molar-refractivity contribution in [2.75, 3.05) is 6.61 Å². The average molecular weight is 321 g/mol. The highest BCUT2D eigenvalue weighted by Crippen LogP contribution is 2.33. The van der Waals surface area contributed by atoms with Crippen molar-refractivity contribution in [3.05, 3.63) is 64.2 Å². The van der Waals surface area contributed by atoms with Crippen molar-refractivity contribution < 1.29 is 4.74 Å². The summed E-state index contributed by atoms with van der Waals surface area (Å²) in [5, 5.41) is 0.695. The zero-order chi connectivity index (χ0) is 14.7. The van der Waals surface area contributed by atoms with E-state index < -0.39 is 0 Å². The van der Waals surface area contributed by atoms with Gasteiger partial charge in [0.05, 0.1) is 12.5 Å². The molecule has 1 nitrogen and oxygen atoms in total. The molecule has 0 saturated carbocycles. The topological polar surface area (TPSA) is 9.23 Å². The molecular formula is C18H18Cl2O. The predicted octanol–water partition coefficient (Wildman–Crippen LogP) is 5.58. The number of benzene rings is 2. The highest BCUT2D eigenvalue weighted by molar-refractivity contribution is 6.30. The van der Waals surface area contributed by atoms with E-state index in [1.54, 1.807) is 0 Å². The molecule has 0 N–H and O–H groups in total. The fourth-order valence-corrected chi connectivity index (χ4v) is 3.41. The van der Waals surface area contributed by atoms with Crippen molar-refractivity contribution in [3.63, 3.8) is 0 Å². The highest BCUT2D eigenvalue weighted by Gasteiger charge is 2.20. The van der Waals surface area contributed by atoms with Crippen LogP contribution in [0.15, 0.2) is 42.5 Å². The summed E-state index contributed by atoms with van der Waals surface area (Å²) in [5.74, 6) is 1.73. The normalized spacial score (nSPS) is 17.3. The maximum absolute atomic E-state index is 6.04. The average Bonchev–Trinajstić information content (AvgIpc) is 2.53. The fraction of sp³-hybridized carbons (Fsp3) is 0.333. The van der Waals surface area contributed by atoms with Crippen LogP contribution in [0.5, 0.6) is 5.75 Å². The Morgan fingerprint density at radius 1 is 1.14 bits per heavy atom. The molecule has 1 aliphatic carbocycles. The quantitative estimate of drug-likeness (QED) is 0.668. The number of rotatable bonds is 4. The van der Waals surface area contributed by atoms with Crippen molar-refractivity contribution in [1.29, 1.82) is 0 Å². The van der Waals surface area contributed by atoms with Crippen LogP contribution in [0.2, 0.25) is 5.02 Å². The van der Waals surface area contributed by atoms with Crippen molar-refractivity contribution in [2.24, 2.45) is 0 Å². The van der Waals surface area contributed by atoms with E-state index in [0.717, 1.165) is 11.3 Å². The van der Waals surface area contributed by atoms with Gasteiger partial charge in [0.2, 0.25) is 0 Å². The Balaban J connectivity index is 1.74. The van der Waals surface area contributed by atoms with Gasteiger partial charge < -0.3 is 4.74 Å². The summed E-state index contributed by atoms with van der Waals surface area (Å²) in [4.78, 5) is 0. The fourth-order valence-electron chi connectivity index (χ4n) is 3.01. The Labute approximate surface area is 135 Å². The molecule has 21 heavy (non-hydrogen) atoms. The van der Waals surface area contributed by atoms with Crippen LogP contribution in [-0.2, 0) is 12.3 Å². The van der Waals surface area contributed by atoms with Crippen LogP contribution >= 0.6 is 23.2 Å². The van der Waals surface area contributed by atoms with Gasteiger partial charge in [-0.25, -0.2) is 0 Å². The zero-order valence-corrected chi connectivity index (χ0v) is 13.3. The molecule has 0 fully saturated rings. The first-order valence-corrected chi connectivity index (χ1v) is 8.24. The smallest absolute Gasteiger partial charge is 0.123 e. The molecule has 1 unspecified atom stereocenters. The molecule has 3 rings (SSSR count). The molecule has 0 spiro atoms. The maximum atomic E-state index is 6.04. The lowest BCUT2D eigenvalue weighted by Crippen LogP contribution is -2.17. The van der Waals surface area contributed by atoms with Gasteiger partial charge >= 0.3 is 0 Å². The van der Waals surface area contributed by atoms with E-state index in [9.17, 15) is 0 Å². The second-order valence-electron chi connectivity index (χ2n) is 5.48. The second kappa shape index (κ2) is 6.72. The molecule has 0 saturated heterocycles. The zero-order valence-electron chi connectivity index (χ0n) is 11.8. The van der Waals surface area contributed by atoms with Gasteiger partial charge in [-0.05, 0) is 48.6 Å². The van der Waals surface area contributed by atoms with Crippen molar-refractivity contribution >= 4 is 23.2 Å². The van der Waals surface area contributed by atoms with E-state index in [1.165, 1.54) is 30.4 Å². The Morgan fingerprint density at radius 2 is 2.00 bits per heavy atom. The van der Waals surface area contributed by atoms with E-state index >= 15 is 0 Å². The standard InChI is InChI=1S/C18H18Cl2O/c19-11-15-10-16(20)8-9-18(15)21-12-14-6-3-5-13-4-1-2-7-17(13)14/h1-2,4,7-10,14H,3,5-6,11-12H2. The molecule has 0 heterocycles. The first kappa shape index (κ1) is 14.7. The van der Waals surface area contributed by atoms with Crippen LogP contribution < -0.4 is 4.74 Å². The third kappa shape index (κ3) is 3.36. The highest BCUT2D eigenvalue weighted by atomic mass is 35.5. The summed E-state index contributed by atoms with van der Waals surface area (Å²) in [7, 11) is 0. The SMILES string of the molecule is ClCc1cc(Cl)ccc1OCC1CCCc2ccccc21. The molecular weight excluding hydrogens is 303 g/mol. The van der Waals surface area contributed by atoms with Crippen LogP contribution in [0.1, 0.15) is 35.4 Å². The van der Waals surface area contributed by atoms with Gasteiger partial charge in [-0.2, -0.15) is 0 Å². The molecule has 0 aliphatic heterocycles. The summed E-state index contributed by atoms with van der Waals surface area (Å²) >= 11 is 12.0. The number of alkyl halides is 1. The molecule has 2 aromatic rings. The molecule has 0 amide bonds. The Hall–Kier alpha value is -1.18. The molecule has 0 radical (unpaired) electrons. The van der Waals surface area contributed by atoms with Crippen LogP contribution in [0.25, 0.3) is 0 Å². The predicted molar refractivity (Wildman–Crippen MR) is 88.6 cm³/mol. The maximum Gasteiger partial charge on any atom is 0.123 e. The van der Waals surface area contributed by atoms with E-state index in [0.29, 0.717) is 23.4 Å². The second-order valence-corrected chi connectivity index (χ2v) is 6.19. The Morgan fingerprint density at radius 3 is 2.86 bits per heavy atom. The lowest BCUT2D eigenvalue weighted by atomic mass is 9.83. The summed E-state index contributed by atoms with van der Waals surface area (Å²) in [6.07, 6.45) is 3.59. The molecule has 110 valence electrons. The third-order valence-corrected chi connectivity index (χ3v) is 4.62. The van der Waals surface area contributed by atoms with Gasteiger partial charge in [0.25, 0.3) is 0 Å². The van der Waals surface area contributed by atoms with Crippen molar-refractivity contribution in [1.82, 2.24) is 0 Å². The number of aryl methyl sites for hydroxylation is 1. The number of hydrogen-bond acceptors (Lipinski definition) is 1. The minimum absolute atomic E-state index is 0.414.